The van der Waals surface area contributed by atoms with Crippen molar-refractivity contribution in [3.8, 4) is 5.75 Å². The molecule has 0 bridgehead atoms. The summed E-state index contributed by atoms with van der Waals surface area (Å²) in [5.41, 5.74) is 6.20. The summed E-state index contributed by atoms with van der Waals surface area (Å²) >= 11 is 3.17. The predicted molar refractivity (Wildman–Crippen MR) is 84.9 cm³/mol. The van der Waals surface area contributed by atoms with E-state index in [9.17, 15) is 14.7 Å². The molecule has 0 spiro atoms. The molecule has 0 saturated heterocycles. The Labute approximate surface area is 135 Å². The number of carbonyl (C=O) groups excluding carboxylic acids is 2. The molecule has 0 aliphatic rings. The van der Waals surface area contributed by atoms with Crippen LogP contribution < -0.4 is 5.73 Å². The average Bonchev–Trinajstić information content (AvgIpc) is 2.53. The van der Waals surface area contributed by atoms with Crippen LogP contribution >= 0.6 is 15.9 Å². The topological polar surface area (TPSA) is 89.6 Å². The van der Waals surface area contributed by atoms with E-state index < -0.39 is 10.9 Å². The Morgan fingerprint density at radius 2 is 1.86 bits per heavy atom. The van der Waals surface area contributed by atoms with Crippen LogP contribution in [0.25, 0.3) is 0 Å². The summed E-state index contributed by atoms with van der Waals surface area (Å²) in [6.07, 6.45) is 0. The van der Waals surface area contributed by atoms with E-state index in [0.29, 0.717) is 0 Å². The summed E-state index contributed by atoms with van der Waals surface area (Å²) in [6, 6.07) is 13.3. The second-order valence-electron chi connectivity index (χ2n) is 4.57. The van der Waals surface area contributed by atoms with Crippen molar-refractivity contribution in [3.05, 3.63) is 65.2 Å². The summed E-state index contributed by atoms with van der Waals surface area (Å²) in [5.74, 6) is -1.43. The van der Waals surface area contributed by atoms with Crippen molar-refractivity contribution in [2.45, 2.75) is 11.6 Å². The fraction of sp³-hybridized carbons (Fsp3) is 0.125. The maximum absolute atomic E-state index is 12.2. The van der Waals surface area contributed by atoms with Crippen molar-refractivity contribution in [2.75, 3.05) is 0 Å². The minimum absolute atomic E-state index is 0.103. The highest BCUT2D eigenvalue weighted by molar-refractivity contribution is 9.09. The van der Waals surface area contributed by atoms with Crippen LogP contribution in [-0.4, -0.2) is 21.8 Å². The van der Waals surface area contributed by atoms with Gasteiger partial charge in [0.25, 0.3) is 5.91 Å². The standard InChI is InChI=1S/C16H14BrNO4/c17-15(22-9-10-4-2-1-3-5-10)14(20)11-6-7-13(19)12(8-11)16(18)21/h1-8,15,19H,9H2,(H2,18,21). The third kappa shape index (κ3) is 3.93. The van der Waals surface area contributed by atoms with Crippen molar-refractivity contribution < 1.29 is 19.4 Å². The number of aromatic hydroxyl groups is 1. The molecule has 0 aromatic heterocycles. The molecule has 0 saturated carbocycles. The number of rotatable bonds is 6. The summed E-state index contributed by atoms with van der Waals surface area (Å²) in [6.45, 7) is 0.267. The van der Waals surface area contributed by atoms with Gasteiger partial charge >= 0.3 is 0 Å². The molecule has 1 atom stereocenters. The predicted octanol–water partition coefficient (Wildman–Crippen LogP) is 2.61. The number of phenols is 1. The molecule has 6 heteroatoms. The lowest BCUT2D eigenvalue weighted by Gasteiger charge is -2.11. The molecule has 2 aromatic carbocycles. The van der Waals surface area contributed by atoms with Crippen molar-refractivity contribution >= 4 is 27.6 Å². The number of ketones is 1. The average molecular weight is 364 g/mol. The van der Waals surface area contributed by atoms with E-state index in [4.69, 9.17) is 10.5 Å². The third-order valence-electron chi connectivity index (χ3n) is 2.99. The lowest BCUT2D eigenvalue weighted by molar-refractivity contribution is 0.0652. The summed E-state index contributed by atoms with van der Waals surface area (Å²) in [7, 11) is 0. The van der Waals surface area contributed by atoms with Crippen molar-refractivity contribution in [1.29, 1.82) is 0 Å². The Kier molecular flexibility index (Phi) is 5.30. The number of ether oxygens (including phenoxy) is 1. The van der Waals surface area contributed by atoms with E-state index in [1.165, 1.54) is 18.2 Å². The second kappa shape index (κ2) is 7.20. The van der Waals surface area contributed by atoms with E-state index in [-0.39, 0.29) is 29.3 Å². The number of alkyl halides is 1. The molecule has 0 heterocycles. The van der Waals surface area contributed by atoms with Gasteiger partial charge < -0.3 is 15.6 Å². The highest BCUT2D eigenvalue weighted by atomic mass is 79.9. The second-order valence-corrected chi connectivity index (χ2v) is 5.40. The Bertz CT molecular complexity index is 688. The van der Waals surface area contributed by atoms with Crippen LogP contribution in [0.2, 0.25) is 0 Å². The lowest BCUT2D eigenvalue weighted by atomic mass is 10.1. The molecular formula is C16H14BrNO4. The van der Waals surface area contributed by atoms with Crippen LogP contribution in [0.5, 0.6) is 5.75 Å². The molecule has 2 rings (SSSR count). The van der Waals surface area contributed by atoms with Gasteiger partial charge in [0.05, 0.1) is 12.2 Å². The molecule has 0 aliphatic heterocycles. The van der Waals surface area contributed by atoms with E-state index in [1.54, 1.807) is 0 Å². The number of nitrogens with two attached hydrogens (primary N) is 1. The maximum Gasteiger partial charge on any atom is 0.252 e. The molecule has 22 heavy (non-hydrogen) atoms. The molecule has 2 aromatic rings. The molecule has 1 amide bonds. The first-order chi connectivity index (χ1) is 10.5. The Hall–Kier alpha value is -2.18. The van der Waals surface area contributed by atoms with Gasteiger partial charge in [-0.2, -0.15) is 0 Å². The zero-order chi connectivity index (χ0) is 16.1. The number of carbonyl (C=O) groups is 2. The quantitative estimate of drug-likeness (QED) is 0.609. The molecule has 0 fully saturated rings. The Morgan fingerprint density at radius 3 is 2.50 bits per heavy atom. The van der Waals surface area contributed by atoms with Gasteiger partial charge in [0.2, 0.25) is 5.78 Å². The van der Waals surface area contributed by atoms with E-state index in [0.717, 1.165) is 5.56 Å². The van der Waals surface area contributed by atoms with Gasteiger partial charge in [0, 0.05) is 5.56 Å². The van der Waals surface area contributed by atoms with Crippen molar-refractivity contribution in [1.82, 2.24) is 0 Å². The summed E-state index contributed by atoms with van der Waals surface area (Å²) in [4.78, 5) is 23.4. The van der Waals surface area contributed by atoms with Gasteiger partial charge in [-0.15, -0.1) is 0 Å². The Balaban J connectivity index is 2.07. The minimum atomic E-state index is -0.863. The number of hydrogen-bond acceptors (Lipinski definition) is 4. The highest BCUT2D eigenvalue weighted by Gasteiger charge is 2.20. The van der Waals surface area contributed by atoms with Crippen molar-refractivity contribution in [2.24, 2.45) is 5.73 Å². The minimum Gasteiger partial charge on any atom is -0.507 e. The number of primary amides is 1. The number of Topliss-reactive ketones (excluding diaryl/α,β-unsaturated/α-hetero) is 1. The van der Waals surface area contributed by atoms with Gasteiger partial charge in [0.15, 0.2) is 5.01 Å². The first kappa shape index (κ1) is 16.2. The highest BCUT2D eigenvalue weighted by Crippen LogP contribution is 2.21. The van der Waals surface area contributed by atoms with Crippen LogP contribution in [-0.2, 0) is 11.3 Å². The van der Waals surface area contributed by atoms with Crippen LogP contribution in [0.4, 0.5) is 0 Å². The molecule has 5 nitrogen and oxygen atoms in total. The molecule has 3 N–H and O–H groups in total. The van der Waals surface area contributed by atoms with Gasteiger partial charge in [-0.25, -0.2) is 0 Å². The van der Waals surface area contributed by atoms with Crippen LogP contribution in [0.1, 0.15) is 26.3 Å². The third-order valence-corrected chi connectivity index (χ3v) is 3.67. The van der Waals surface area contributed by atoms with E-state index in [1.807, 2.05) is 30.3 Å². The lowest BCUT2D eigenvalue weighted by Crippen LogP contribution is -2.19. The number of halogens is 1. The van der Waals surface area contributed by atoms with Gasteiger partial charge in [-0.3, -0.25) is 9.59 Å². The molecule has 1 unspecified atom stereocenters. The molecule has 0 radical (unpaired) electrons. The van der Waals surface area contributed by atoms with Crippen LogP contribution in [0.3, 0.4) is 0 Å². The normalized spacial score (nSPS) is 11.9. The first-order valence-corrected chi connectivity index (χ1v) is 7.37. The zero-order valence-electron chi connectivity index (χ0n) is 11.5. The number of hydrogen-bond donors (Lipinski definition) is 2. The van der Waals surface area contributed by atoms with Crippen LogP contribution in [0.15, 0.2) is 48.5 Å². The maximum atomic E-state index is 12.2. The fourth-order valence-corrected chi connectivity index (χ4v) is 2.23. The van der Waals surface area contributed by atoms with Gasteiger partial charge in [-0.05, 0) is 39.7 Å². The van der Waals surface area contributed by atoms with Gasteiger partial charge in [0.1, 0.15) is 5.75 Å². The number of benzene rings is 2. The first-order valence-electron chi connectivity index (χ1n) is 6.45. The monoisotopic (exact) mass is 363 g/mol. The summed E-state index contributed by atoms with van der Waals surface area (Å²) < 4.78 is 5.46. The van der Waals surface area contributed by atoms with E-state index in [2.05, 4.69) is 15.9 Å². The largest absolute Gasteiger partial charge is 0.507 e. The van der Waals surface area contributed by atoms with E-state index >= 15 is 0 Å². The fourth-order valence-electron chi connectivity index (χ4n) is 1.84. The Morgan fingerprint density at radius 1 is 1.18 bits per heavy atom. The molecule has 114 valence electrons. The van der Waals surface area contributed by atoms with Crippen LogP contribution in [0, 0.1) is 0 Å². The van der Waals surface area contributed by atoms with Crippen molar-refractivity contribution in [3.63, 3.8) is 0 Å². The smallest absolute Gasteiger partial charge is 0.252 e. The SMILES string of the molecule is NC(=O)c1cc(C(=O)C(Br)OCc2ccccc2)ccc1O. The molecular weight excluding hydrogens is 350 g/mol. The molecule has 0 aliphatic carbocycles. The number of amides is 1. The zero-order valence-corrected chi connectivity index (χ0v) is 13.1. The van der Waals surface area contributed by atoms with Gasteiger partial charge in [-0.1, -0.05) is 30.3 Å². The summed E-state index contributed by atoms with van der Waals surface area (Å²) in [5, 5.41) is 8.66.